The molecule has 0 saturated carbocycles. The van der Waals surface area contributed by atoms with E-state index in [1.54, 1.807) is 0 Å². The van der Waals surface area contributed by atoms with Gasteiger partial charge < -0.3 is 24.0 Å². The van der Waals surface area contributed by atoms with Crippen molar-refractivity contribution in [3.8, 4) is 0 Å². The van der Waals surface area contributed by atoms with Crippen LogP contribution in [0.15, 0.2) is 12.7 Å². The van der Waals surface area contributed by atoms with Crippen molar-refractivity contribution in [3.63, 3.8) is 0 Å². The minimum absolute atomic E-state index is 0. The first-order valence-electron chi connectivity index (χ1n) is 0.816. The SMILES string of the molecule is C=C[CH2-].[I-].[Mg+2]. The van der Waals surface area contributed by atoms with Crippen LogP contribution in [-0.4, -0.2) is 23.1 Å². The van der Waals surface area contributed by atoms with Crippen molar-refractivity contribution in [1.29, 1.82) is 0 Å². The summed E-state index contributed by atoms with van der Waals surface area (Å²) in [5, 5.41) is 0. The van der Waals surface area contributed by atoms with E-state index in [1.165, 1.54) is 6.08 Å². The molecule has 0 radical (unpaired) electrons. The summed E-state index contributed by atoms with van der Waals surface area (Å²) in [6.45, 7) is 6.50. The fourth-order valence-corrected chi connectivity index (χ4v) is 0. The van der Waals surface area contributed by atoms with Gasteiger partial charge in [0.2, 0.25) is 0 Å². The first kappa shape index (κ1) is 16.5. The van der Waals surface area contributed by atoms with E-state index >= 15 is 0 Å². The van der Waals surface area contributed by atoms with Crippen molar-refractivity contribution in [1.82, 2.24) is 0 Å². The maximum absolute atomic E-state index is 3.25. The molecule has 0 aromatic rings. The van der Waals surface area contributed by atoms with Gasteiger partial charge in [0.1, 0.15) is 0 Å². The Bertz CT molecular complexity index is 14.4. The molecular weight excluding hydrogens is 187 g/mol. The van der Waals surface area contributed by atoms with E-state index in [9.17, 15) is 0 Å². The summed E-state index contributed by atoms with van der Waals surface area (Å²) in [5.41, 5.74) is 0. The molecule has 0 unspecified atom stereocenters. The van der Waals surface area contributed by atoms with Crippen LogP contribution in [0.25, 0.3) is 0 Å². The molecule has 5 heavy (non-hydrogen) atoms. The summed E-state index contributed by atoms with van der Waals surface area (Å²) in [5.74, 6) is 0. The maximum Gasteiger partial charge on any atom is 2.00 e. The second-order valence-corrected chi connectivity index (χ2v) is 0.289. The van der Waals surface area contributed by atoms with E-state index in [0.717, 1.165) is 0 Å². The van der Waals surface area contributed by atoms with Crippen LogP contribution >= 0.6 is 0 Å². The quantitative estimate of drug-likeness (QED) is 0.229. The second kappa shape index (κ2) is 19.4. The molecule has 0 heterocycles. The van der Waals surface area contributed by atoms with Crippen molar-refractivity contribution in [2.24, 2.45) is 0 Å². The standard InChI is InChI=1S/C3H5.HI.Mg/c1-3-2;;/h3H,1-2H2;1H;/q-1;;+2/p-1. The van der Waals surface area contributed by atoms with Crippen LogP contribution in [0.3, 0.4) is 0 Å². The summed E-state index contributed by atoms with van der Waals surface area (Å²) in [4.78, 5) is 0. The van der Waals surface area contributed by atoms with Crippen LogP contribution in [0.2, 0.25) is 0 Å². The van der Waals surface area contributed by atoms with Crippen LogP contribution in [0.4, 0.5) is 0 Å². The average Bonchev–Trinajstić information content (AvgIpc) is 0.918. The molecule has 0 rings (SSSR count). The number of halogens is 1. The van der Waals surface area contributed by atoms with E-state index < -0.39 is 0 Å². The largest absolute Gasteiger partial charge is 2.00 e. The van der Waals surface area contributed by atoms with Gasteiger partial charge in [0.05, 0.1) is 0 Å². The summed E-state index contributed by atoms with van der Waals surface area (Å²) >= 11 is 0. The van der Waals surface area contributed by atoms with E-state index in [0.29, 0.717) is 0 Å². The Morgan fingerprint density at radius 3 is 1.60 bits per heavy atom. The van der Waals surface area contributed by atoms with Gasteiger partial charge in [0.15, 0.2) is 0 Å². The molecule has 0 nitrogen and oxygen atoms in total. The van der Waals surface area contributed by atoms with E-state index in [-0.39, 0.29) is 47.0 Å². The zero-order chi connectivity index (χ0) is 2.71. The van der Waals surface area contributed by atoms with Gasteiger partial charge in [0, 0.05) is 0 Å². The number of allylic oxidation sites excluding steroid dienone is 1. The van der Waals surface area contributed by atoms with E-state index in [2.05, 4.69) is 13.5 Å². The van der Waals surface area contributed by atoms with Crippen LogP contribution in [0.1, 0.15) is 0 Å². The zero-order valence-electron chi connectivity index (χ0n) is 3.08. The summed E-state index contributed by atoms with van der Waals surface area (Å²) < 4.78 is 0. The number of rotatable bonds is 0. The van der Waals surface area contributed by atoms with Gasteiger partial charge in [0.25, 0.3) is 0 Å². The smallest absolute Gasteiger partial charge is 1.00 e. The van der Waals surface area contributed by atoms with Crippen molar-refractivity contribution in [2.45, 2.75) is 0 Å². The molecule has 0 spiro atoms. The van der Waals surface area contributed by atoms with Crippen LogP contribution in [0.5, 0.6) is 0 Å². The third-order valence-corrected chi connectivity index (χ3v) is 0. The van der Waals surface area contributed by atoms with Crippen LogP contribution < -0.4 is 24.0 Å². The van der Waals surface area contributed by atoms with Gasteiger partial charge in [-0.1, -0.05) is 0 Å². The fourth-order valence-electron chi connectivity index (χ4n) is 0. The normalized spacial score (nSPS) is 2.40. The Hall–Kier alpha value is 1.11. The molecule has 0 fully saturated rings. The first-order chi connectivity index (χ1) is 1.41. The molecule has 0 N–H and O–H groups in total. The maximum atomic E-state index is 3.25. The number of hydrogen-bond donors (Lipinski definition) is 0. The topological polar surface area (TPSA) is 0 Å². The summed E-state index contributed by atoms with van der Waals surface area (Å²) in [6.07, 6.45) is 1.50. The molecule has 0 aromatic heterocycles. The Balaban J connectivity index is -0.0000000200. The monoisotopic (exact) mass is 192 g/mol. The Morgan fingerprint density at radius 2 is 1.60 bits per heavy atom. The third kappa shape index (κ3) is 40.3. The van der Waals surface area contributed by atoms with Gasteiger partial charge in [-0.3, -0.25) is 0 Å². The predicted molar refractivity (Wildman–Crippen MR) is 21.3 cm³/mol. The predicted octanol–water partition coefficient (Wildman–Crippen LogP) is -2.37. The Labute approximate surface area is 66.2 Å². The van der Waals surface area contributed by atoms with Crippen molar-refractivity contribution in [2.75, 3.05) is 0 Å². The molecule has 26 valence electrons. The van der Waals surface area contributed by atoms with Crippen molar-refractivity contribution in [3.05, 3.63) is 19.6 Å². The van der Waals surface area contributed by atoms with E-state index in [4.69, 9.17) is 0 Å². The summed E-state index contributed by atoms with van der Waals surface area (Å²) in [6, 6.07) is 0. The molecule has 0 aliphatic carbocycles. The fraction of sp³-hybridized carbons (Fsp3) is 0. The second-order valence-electron chi connectivity index (χ2n) is 0.289. The number of hydrogen-bond acceptors (Lipinski definition) is 0. The molecule has 0 aliphatic rings. The van der Waals surface area contributed by atoms with E-state index in [1.807, 2.05) is 0 Å². The Kier molecular flexibility index (Phi) is 64.0. The minimum Gasteiger partial charge on any atom is -1.00 e. The molecule has 0 saturated heterocycles. The Morgan fingerprint density at radius 1 is 1.60 bits per heavy atom. The van der Waals surface area contributed by atoms with Crippen LogP contribution in [-0.2, 0) is 0 Å². The van der Waals surface area contributed by atoms with Crippen molar-refractivity contribution >= 4 is 23.1 Å². The third-order valence-electron chi connectivity index (χ3n) is 0. The van der Waals surface area contributed by atoms with Crippen molar-refractivity contribution < 1.29 is 24.0 Å². The van der Waals surface area contributed by atoms with Gasteiger partial charge in [-0.25, -0.2) is 19.6 Å². The molecule has 0 amide bonds. The molecular formula is C3H5IMg. The minimum atomic E-state index is 0. The zero-order valence-corrected chi connectivity index (χ0v) is 6.65. The van der Waals surface area contributed by atoms with Gasteiger partial charge in [-0.05, 0) is 0 Å². The molecule has 0 aliphatic heterocycles. The van der Waals surface area contributed by atoms with Gasteiger partial charge in [-0.2, -0.15) is 0 Å². The molecule has 0 bridgehead atoms. The van der Waals surface area contributed by atoms with Crippen LogP contribution in [0, 0.1) is 6.92 Å². The molecule has 0 aromatic carbocycles. The summed E-state index contributed by atoms with van der Waals surface area (Å²) in [7, 11) is 0. The first-order valence-corrected chi connectivity index (χ1v) is 0.816. The van der Waals surface area contributed by atoms with Gasteiger partial charge in [-0.15, -0.1) is 0 Å². The average molecular weight is 192 g/mol. The molecule has 0 atom stereocenters. The van der Waals surface area contributed by atoms with Gasteiger partial charge >= 0.3 is 23.1 Å². The molecule has 2 heteroatoms.